The largest absolute Gasteiger partial charge is 0.484 e. The van der Waals surface area contributed by atoms with E-state index in [2.05, 4.69) is 5.32 Å². The molecule has 2 amide bonds. The molecule has 3 aromatic carbocycles. The minimum absolute atomic E-state index is 0.0418. The molecule has 1 N–H and O–H groups in total. The van der Waals surface area contributed by atoms with E-state index in [1.165, 1.54) is 0 Å². The third-order valence-electron chi connectivity index (χ3n) is 6.70. The van der Waals surface area contributed by atoms with Crippen LogP contribution in [0.4, 0.5) is 0 Å². The average Bonchev–Trinajstić information content (AvgIpc) is 2.98. The van der Waals surface area contributed by atoms with Crippen LogP contribution in [0.3, 0.4) is 0 Å². The van der Waals surface area contributed by atoms with Gasteiger partial charge in [0.2, 0.25) is 0 Å². The predicted octanol–water partition coefficient (Wildman–Crippen LogP) is 3.08. The molecule has 1 saturated heterocycles. The van der Waals surface area contributed by atoms with Crippen molar-refractivity contribution >= 4 is 27.9 Å². The number of carbonyl (C=O) groups is 3. The van der Waals surface area contributed by atoms with Crippen LogP contribution in [-0.4, -0.2) is 56.0 Å². The molecule has 5 rings (SSSR count). The molecule has 2 aliphatic rings. The number of nitrogens with one attached hydrogen (secondary N) is 1. The van der Waals surface area contributed by atoms with Gasteiger partial charge in [-0.05, 0) is 29.7 Å². The number of hydrogen-bond acceptors (Lipinski definition) is 8. The third kappa shape index (κ3) is 6.41. The number of hydrogen-bond donors (Lipinski definition) is 1. The van der Waals surface area contributed by atoms with Gasteiger partial charge in [-0.2, -0.15) is 8.42 Å². The van der Waals surface area contributed by atoms with Gasteiger partial charge in [-0.3, -0.25) is 14.5 Å². The van der Waals surface area contributed by atoms with Crippen LogP contribution in [0.5, 0.6) is 5.75 Å². The Morgan fingerprint density at radius 3 is 2.05 bits per heavy atom. The Morgan fingerprint density at radius 2 is 1.49 bits per heavy atom. The molecule has 2 heterocycles. The molecule has 1 fully saturated rings. The maximum Gasteiger partial charge on any atom is 0.359 e. The molecule has 0 saturated carbocycles. The summed E-state index contributed by atoms with van der Waals surface area (Å²) in [6, 6.07) is 25.3. The summed E-state index contributed by atoms with van der Waals surface area (Å²) in [5, 5.41) is 2.66. The zero-order valence-corrected chi connectivity index (χ0v) is 23.0. The number of ether oxygens (including phenoxy) is 2. The summed E-state index contributed by atoms with van der Waals surface area (Å²) in [4.78, 5) is 40.7. The number of benzene rings is 3. The summed E-state index contributed by atoms with van der Waals surface area (Å²) in [7, 11) is -4.01. The van der Waals surface area contributed by atoms with Crippen LogP contribution in [0.1, 0.15) is 30.1 Å². The highest BCUT2D eigenvalue weighted by molar-refractivity contribution is 7.86. The van der Waals surface area contributed by atoms with Gasteiger partial charge < -0.3 is 19.0 Å². The molecule has 10 nitrogen and oxygen atoms in total. The van der Waals surface area contributed by atoms with Gasteiger partial charge in [-0.1, -0.05) is 78.9 Å². The molecule has 0 spiro atoms. The first-order valence-electron chi connectivity index (χ1n) is 12.9. The summed E-state index contributed by atoms with van der Waals surface area (Å²) in [6.07, 6.45) is 0.331. The van der Waals surface area contributed by atoms with Crippen molar-refractivity contribution in [2.45, 2.75) is 31.0 Å². The lowest BCUT2D eigenvalue weighted by Crippen LogP contribution is -2.72. The van der Waals surface area contributed by atoms with Gasteiger partial charge in [0.25, 0.3) is 11.8 Å². The van der Waals surface area contributed by atoms with Crippen LogP contribution >= 0.6 is 0 Å². The maximum atomic E-state index is 13.7. The molecule has 212 valence electrons. The first kappa shape index (κ1) is 27.9. The first-order chi connectivity index (χ1) is 19.7. The standard InChI is InChI=1S/C30H28N2O8S/c1-41(36,37)40-24-18-17-23-26(31-25(33)19-38-22-15-9-4-10-16-22)29(34)32(23)27(24)30(35)39-28(20-11-5-2-6-12-20)21-13-7-3-8-14-21/h2-16,23,26,28H,17-19H2,1H3,(H,31,33)/t23-,26+/m1/s1. The van der Waals surface area contributed by atoms with E-state index in [0.717, 1.165) is 11.2 Å². The van der Waals surface area contributed by atoms with Crippen molar-refractivity contribution < 1.29 is 36.5 Å². The van der Waals surface area contributed by atoms with E-state index >= 15 is 0 Å². The van der Waals surface area contributed by atoms with Crippen molar-refractivity contribution in [3.8, 4) is 5.75 Å². The van der Waals surface area contributed by atoms with Gasteiger partial charge in [0, 0.05) is 6.42 Å². The predicted molar refractivity (Wildman–Crippen MR) is 148 cm³/mol. The van der Waals surface area contributed by atoms with Crippen LogP contribution < -0.4 is 10.1 Å². The molecular weight excluding hydrogens is 548 g/mol. The lowest BCUT2D eigenvalue weighted by molar-refractivity contribution is -0.160. The van der Waals surface area contributed by atoms with E-state index in [1.54, 1.807) is 72.8 Å². The molecule has 0 bridgehead atoms. The topological polar surface area (TPSA) is 128 Å². The van der Waals surface area contributed by atoms with Crippen molar-refractivity contribution in [1.82, 2.24) is 10.2 Å². The number of carbonyl (C=O) groups excluding carboxylic acids is 3. The number of amides is 2. The quantitative estimate of drug-likeness (QED) is 0.222. The highest BCUT2D eigenvalue weighted by Crippen LogP contribution is 2.39. The number of β-lactam (4-membered cyclic amide) rings is 1. The summed E-state index contributed by atoms with van der Waals surface area (Å²) in [5.74, 6) is -1.69. The van der Waals surface area contributed by atoms with Crippen molar-refractivity contribution in [2.24, 2.45) is 0 Å². The molecular formula is C30H28N2O8S. The van der Waals surface area contributed by atoms with Crippen LogP contribution in [0.2, 0.25) is 0 Å². The Labute approximate surface area is 237 Å². The number of para-hydroxylation sites is 1. The Morgan fingerprint density at radius 1 is 0.927 bits per heavy atom. The average molecular weight is 577 g/mol. The number of rotatable bonds is 10. The minimum atomic E-state index is -4.01. The molecule has 0 aromatic heterocycles. The summed E-state index contributed by atoms with van der Waals surface area (Å²) < 4.78 is 40.6. The number of allylic oxidation sites excluding steroid dienone is 1. The van der Waals surface area contributed by atoms with E-state index < -0.39 is 46.1 Å². The van der Waals surface area contributed by atoms with E-state index in [0.29, 0.717) is 16.9 Å². The van der Waals surface area contributed by atoms with Crippen molar-refractivity contribution in [1.29, 1.82) is 0 Å². The van der Waals surface area contributed by atoms with E-state index in [9.17, 15) is 22.8 Å². The molecule has 11 heteroatoms. The molecule has 2 atom stereocenters. The Kier molecular flexibility index (Phi) is 8.06. The van der Waals surface area contributed by atoms with Gasteiger partial charge in [0.05, 0.1) is 12.3 Å². The third-order valence-corrected chi connectivity index (χ3v) is 7.20. The lowest BCUT2D eigenvalue weighted by atomic mass is 9.85. The second kappa shape index (κ2) is 11.8. The van der Waals surface area contributed by atoms with Crippen LogP contribution in [0.25, 0.3) is 0 Å². The molecule has 2 aliphatic heterocycles. The zero-order valence-electron chi connectivity index (χ0n) is 22.1. The zero-order chi connectivity index (χ0) is 29.0. The van der Waals surface area contributed by atoms with E-state index in [1.807, 2.05) is 18.2 Å². The van der Waals surface area contributed by atoms with Gasteiger partial charge in [0.1, 0.15) is 11.8 Å². The fourth-order valence-electron chi connectivity index (χ4n) is 4.91. The van der Waals surface area contributed by atoms with Crippen molar-refractivity contribution in [2.75, 3.05) is 12.9 Å². The second-order valence-corrected chi connectivity index (χ2v) is 11.2. The SMILES string of the molecule is CS(=O)(=O)OC1=C(C(=O)OC(c2ccccc2)c2ccccc2)N2C(=O)[C@@H](NC(=O)COc3ccccc3)[C@H]2CC1. The molecule has 0 radical (unpaired) electrons. The van der Waals surface area contributed by atoms with Gasteiger partial charge in [0.15, 0.2) is 24.2 Å². The van der Waals surface area contributed by atoms with Crippen LogP contribution in [0, 0.1) is 0 Å². The van der Waals surface area contributed by atoms with E-state index in [4.69, 9.17) is 13.7 Å². The molecule has 0 aliphatic carbocycles. The highest BCUT2D eigenvalue weighted by atomic mass is 32.2. The van der Waals surface area contributed by atoms with Gasteiger partial charge in [-0.15, -0.1) is 0 Å². The van der Waals surface area contributed by atoms with E-state index in [-0.39, 0.29) is 30.9 Å². The monoisotopic (exact) mass is 576 g/mol. The fraction of sp³-hybridized carbons (Fsp3) is 0.233. The summed E-state index contributed by atoms with van der Waals surface area (Å²) in [5.41, 5.74) is 1.08. The Balaban J connectivity index is 1.37. The lowest BCUT2D eigenvalue weighted by Gasteiger charge is -2.49. The first-order valence-corrected chi connectivity index (χ1v) is 14.8. The summed E-state index contributed by atoms with van der Waals surface area (Å²) >= 11 is 0. The minimum Gasteiger partial charge on any atom is -0.484 e. The van der Waals surface area contributed by atoms with Crippen LogP contribution in [-0.2, 0) is 33.4 Å². The fourth-order valence-corrected chi connectivity index (χ4v) is 5.44. The van der Waals surface area contributed by atoms with Gasteiger partial charge in [-0.25, -0.2) is 4.79 Å². The smallest absolute Gasteiger partial charge is 0.359 e. The van der Waals surface area contributed by atoms with Crippen molar-refractivity contribution in [3.05, 3.63) is 114 Å². The molecule has 0 unspecified atom stereocenters. The number of nitrogens with zero attached hydrogens (tertiary/aromatic N) is 1. The summed E-state index contributed by atoms with van der Waals surface area (Å²) in [6.45, 7) is -0.302. The van der Waals surface area contributed by atoms with Crippen molar-refractivity contribution in [3.63, 3.8) is 0 Å². The molecule has 41 heavy (non-hydrogen) atoms. The highest BCUT2D eigenvalue weighted by Gasteiger charge is 2.55. The normalized spacial score (nSPS) is 18.3. The van der Waals surface area contributed by atoms with Gasteiger partial charge >= 0.3 is 16.1 Å². The number of fused-ring (bicyclic) bond motifs is 1. The Bertz CT molecular complexity index is 1520. The van der Waals surface area contributed by atoms with Crippen LogP contribution in [0.15, 0.2) is 102 Å². The number of esters is 1. The Hall–Kier alpha value is -4.64. The second-order valence-electron chi connectivity index (χ2n) is 9.63. The molecule has 3 aromatic rings. The maximum absolute atomic E-state index is 13.7.